The van der Waals surface area contributed by atoms with Crippen LogP contribution in [0, 0.1) is 10.1 Å². The average Bonchev–Trinajstić information content (AvgIpc) is 2.20. The van der Waals surface area contributed by atoms with Crippen LogP contribution in [0.4, 0.5) is 5.69 Å². The van der Waals surface area contributed by atoms with Crippen molar-refractivity contribution < 1.29 is 14.5 Å². The van der Waals surface area contributed by atoms with Crippen LogP contribution in [0.1, 0.15) is 18.5 Å². The molecule has 0 aromatic heterocycles. The number of carbonyl (C=O) groups is 2. The Bertz CT molecular complexity index is 475. The predicted molar refractivity (Wildman–Crippen MR) is 61.6 cm³/mol. The lowest BCUT2D eigenvalue weighted by Gasteiger charge is -2.08. The van der Waals surface area contributed by atoms with E-state index in [9.17, 15) is 19.7 Å². The van der Waals surface area contributed by atoms with Crippen LogP contribution in [0.3, 0.4) is 0 Å². The molecule has 1 amide bonds. The van der Waals surface area contributed by atoms with Crippen LogP contribution in [-0.4, -0.2) is 17.1 Å². The molecule has 0 saturated carbocycles. The maximum Gasteiger partial charge on any atom is 0.293 e. The van der Waals surface area contributed by atoms with Crippen LogP contribution in [-0.2, 0) is 9.59 Å². The van der Waals surface area contributed by atoms with Gasteiger partial charge in [0.1, 0.15) is 0 Å². The number of anilines is 1. The van der Waals surface area contributed by atoms with Gasteiger partial charge in [0.15, 0.2) is 6.29 Å². The summed E-state index contributed by atoms with van der Waals surface area (Å²) in [6.07, 6.45) is 0.208. The molecule has 0 heterocycles. The molecular weight excluding hydrogens is 248 g/mol. The van der Waals surface area contributed by atoms with Crippen molar-refractivity contribution >= 4 is 29.5 Å². The highest BCUT2D eigenvalue weighted by Gasteiger charge is 2.24. The normalized spacial score (nSPS) is 11.6. The number of rotatable bonds is 4. The molecule has 1 aromatic carbocycles. The lowest BCUT2D eigenvalue weighted by atomic mass is 10.1. The van der Waals surface area contributed by atoms with E-state index in [1.54, 1.807) is 0 Å². The predicted octanol–water partition coefficient (Wildman–Crippen LogP) is 1.82. The largest absolute Gasteiger partial charge is 0.326 e. The number of nitro groups is 1. The molecule has 17 heavy (non-hydrogen) atoms. The molecule has 90 valence electrons. The first-order valence-corrected chi connectivity index (χ1v) is 4.99. The summed E-state index contributed by atoms with van der Waals surface area (Å²) in [5, 5.41) is 13.1. The fraction of sp³-hybridized carbons (Fsp3) is 0.200. The van der Waals surface area contributed by atoms with E-state index in [-0.39, 0.29) is 22.8 Å². The van der Waals surface area contributed by atoms with E-state index >= 15 is 0 Å². The van der Waals surface area contributed by atoms with Crippen LogP contribution in [0.5, 0.6) is 0 Å². The summed E-state index contributed by atoms with van der Waals surface area (Å²) in [4.78, 5) is 31.2. The number of aldehydes is 1. The van der Waals surface area contributed by atoms with E-state index in [4.69, 9.17) is 11.6 Å². The van der Waals surface area contributed by atoms with Crippen molar-refractivity contribution in [3.05, 3.63) is 38.9 Å². The molecule has 0 fully saturated rings. The van der Waals surface area contributed by atoms with Gasteiger partial charge in [0.25, 0.3) is 6.04 Å². The Labute approximate surface area is 102 Å². The molecule has 0 aliphatic rings. The zero-order chi connectivity index (χ0) is 13.0. The zero-order valence-electron chi connectivity index (χ0n) is 8.84. The SMILES string of the molecule is CC(=O)Nc1ccc(C(C=O)[N+](=O)[O-])c(Cl)c1. The van der Waals surface area contributed by atoms with Gasteiger partial charge in [-0.05, 0) is 18.2 Å². The first kappa shape index (κ1) is 13.1. The number of nitrogens with one attached hydrogen (secondary N) is 1. The molecule has 1 N–H and O–H groups in total. The Morgan fingerprint density at radius 3 is 2.65 bits per heavy atom. The van der Waals surface area contributed by atoms with Crippen molar-refractivity contribution in [1.29, 1.82) is 0 Å². The average molecular weight is 257 g/mol. The van der Waals surface area contributed by atoms with Gasteiger partial charge in [-0.2, -0.15) is 0 Å². The lowest BCUT2D eigenvalue weighted by Crippen LogP contribution is -2.13. The summed E-state index contributed by atoms with van der Waals surface area (Å²) in [7, 11) is 0. The van der Waals surface area contributed by atoms with Gasteiger partial charge in [0.2, 0.25) is 5.91 Å². The second-order valence-corrected chi connectivity index (χ2v) is 3.69. The van der Waals surface area contributed by atoms with Crippen molar-refractivity contribution in [2.45, 2.75) is 13.0 Å². The highest BCUT2D eigenvalue weighted by molar-refractivity contribution is 6.31. The van der Waals surface area contributed by atoms with Crippen LogP contribution in [0.15, 0.2) is 18.2 Å². The smallest absolute Gasteiger partial charge is 0.293 e. The van der Waals surface area contributed by atoms with E-state index in [2.05, 4.69) is 5.32 Å². The van der Waals surface area contributed by atoms with Crippen molar-refractivity contribution in [1.82, 2.24) is 0 Å². The van der Waals surface area contributed by atoms with Gasteiger partial charge in [0, 0.05) is 17.5 Å². The molecule has 0 aliphatic heterocycles. The van der Waals surface area contributed by atoms with E-state index in [0.717, 1.165) is 0 Å². The van der Waals surface area contributed by atoms with Crippen molar-refractivity contribution in [3.63, 3.8) is 0 Å². The lowest BCUT2D eigenvalue weighted by molar-refractivity contribution is -0.511. The van der Waals surface area contributed by atoms with E-state index in [0.29, 0.717) is 5.69 Å². The Hall–Kier alpha value is -1.95. The number of hydrogen-bond acceptors (Lipinski definition) is 4. The molecule has 0 saturated heterocycles. The van der Waals surface area contributed by atoms with Crippen LogP contribution >= 0.6 is 11.6 Å². The minimum absolute atomic E-state index is 0.0602. The first-order valence-electron chi connectivity index (χ1n) is 4.61. The van der Waals surface area contributed by atoms with Crippen molar-refractivity contribution in [2.24, 2.45) is 0 Å². The third-order valence-electron chi connectivity index (χ3n) is 2.00. The molecule has 1 rings (SSSR count). The quantitative estimate of drug-likeness (QED) is 0.505. The van der Waals surface area contributed by atoms with Gasteiger partial charge in [-0.25, -0.2) is 0 Å². The molecule has 6 nitrogen and oxygen atoms in total. The van der Waals surface area contributed by atoms with Gasteiger partial charge in [-0.15, -0.1) is 0 Å². The van der Waals surface area contributed by atoms with Gasteiger partial charge in [-0.1, -0.05) is 11.6 Å². The van der Waals surface area contributed by atoms with Crippen molar-refractivity contribution in [3.8, 4) is 0 Å². The third-order valence-corrected chi connectivity index (χ3v) is 2.32. The molecule has 7 heteroatoms. The second kappa shape index (κ2) is 5.40. The summed E-state index contributed by atoms with van der Waals surface area (Å²) in [6.45, 7) is 1.33. The van der Waals surface area contributed by atoms with Crippen molar-refractivity contribution in [2.75, 3.05) is 5.32 Å². The Morgan fingerprint density at radius 1 is 1.59 bits per heavy atom. The number of hydrogen-bond donors (Lipinski definition) is 1. The minimum atomic E-state index is -1.49. The number of amides is 1. The van der Waals surface area contributed by atoms with E-state index in [1.807, 2.05) is 0 Å². The fourth-order valence-electron chi connectivity index (χ4n) is 1.28. The van der Waals surface area contributed by atoms with Gasteiger partial charge in [0.05, 0.1) is 10.6 Å². The number of carbonyl (C=O) groups excluding carboxylic acids is 2. The Morgan fingerprint density at radius 2 is 2.24 bits per heavy atom. The maximum atomic E-state index is 10.8. The fourth-order valence-corrected chi connectivity index (χ4v) is 1.58. The molecular formula is C10H9ClN2O4. The van der Waals surface area contributed by atoms with Crippen LogP contribution in [0.25, 0.3) is 0 Å². The zero-order valence-corrected chi connectivity index (χ0v) is 9.60. The number of nitrogens with zero attached hydrogens (tertiary/aromatic N) is 1. The summed E-state index contributed by atoms with van der Waals surface area (Å²) >= 11 is 5.82. The Kier molecular flexibility index (Phi) is 4.17. The molecule has 0 radical (unpaired) electrons. The maximum absolute atomic E-state index is 10.8. The first-order chi connectivity index (χ1) is 7.95. The second-order valence-electron chi connectivity index (χ2n) is 3.28. The molecule has 1 aromatic rings. The Balaban J connectivity index is 3.08. The summed E-state index contributed by atoms with van der Waals surface area (Å²) < 4.78 is 0. The number of benzene rings is 1. The molecule has 0 bridgehead atoms. The molecule has 0 spiro atoms. The van der Waals surface area contributed by atoms with Gasteiger partial charge >= 0.3 is 0 Å². The molecule has 1 unspecified atom stereocenters. The summed E-state index contributed by atoms with van der Waals surface area (Å²) in [5.41, 5.74) is 0.514. The highest BCUT2D eigenvalue weighted by atomic mass is 35.5. The third kappa shape index (κ3) is 3.25. The molecule has 1 atom stereocenters. The monoisotopic (exact) mass is 256 g/mol. The topological polar surface area (TPSA) is 89.3 Å². The van der Waals surface area contributed by atoms with Gasteiger partial charge < -0.3 is 5.32 Å². The summed E-state index contributed by atoms with van der Waals surface area (Å²) in [6, 6.07) is 2.66. The highest BCUT2D eigenvalue weighted by Crippen LogP contribution is 2.27. The van der Waals surface area contributed by atoms with Gasteiger partial charge in [-0.3, -0.25) is 19.7 Å². The van der Waals surface area contributed by atoms with Crippen LogP contribution < -0.4 is 5.32 Å². The number of halogens is 1. The van der Waals surface area contributed by atoms with Crippen LogP contribution in [0.2, 0.25) is 5.02 Å². The minimum Gasteiger partial charge on any atom is -0.326 e. The van der Waals surface area contributed by atoms with E-state index in [1.165, 1.54) is 25.1 Å². The standard InChI is InChI=1S/C10H9ClN2O4/c1-6(15)12-7-2-3-8(9(11)4-7)10(5-14)13(16)17/h2-5,10H,1H3,(H,12,15). The van der Waals surface area contributed by atoms with E-state index < -0.39 is 11.0 Å². The summed E-state index contributed by atoms with van der Waals surface area (Å²) in [5.74, 6) is -0.282. The molecule has 0 aliphatic carbocycles.